The van der Waals surface area contributed by atoms with Gasteiger partial charge in [-0.1, -0.05) is 24.3 Å². The Morgan fingerprint density at radius 2 is 1.90 bits per heavy atom. The number of hydrogen-bond acceptors (Lipinski definition) is 2. The first-order valence-electron chi connectivity index (χ1n) is 7.50. The van der Waals surface area contributed by atoms with Crippen molar-refractivity contribution in [2.45, 2.75) is 25.9 Å². The first kappa shape index (κ1) is 14.1. The molecule has 0 bridgehead atoms. The lowest BCUT2D eigenvalue weighted by Gasteiger charge is -2.27. The van der Waals surface area contributed by atoms with Crippen molar-refractivity contribution in [2.75, 3.05) is 18.5 Å². The van der Waals surface area contributed by atoms with E-state index in [1.807, 2.05) is 6.07 Å². The molecule has 2 aromatic rings. The van der Waals surface area contributed by atoms with Crippen LogP contribution in [0.4, 0.5) is 10.1 Å². The summed E-state index contributed by atoms with van der Waals surface area (Å²) in [4.78, 5) is 2.32. The molecule has 0 radical (unpaired) electrons. The smallest absolute Gasteiger partial charge is 0.123 e. The Labute approximate surface area is 125 Å². The van der Waals surface area contributed by atoms with E-state index < -0.39 is 0 Å². The molecule has 1 N–H and O–H groups in total. The lowest BCUT2D eigenvalue weighted by molar-refractivity contribution is 0.620. The molecule has 2 aromatic carbocycles. The van der Waals surface area contributed by atoms with Crippen LogP contribution in [0.2, 0.25) is 0 Å². The largest absolute Gasteiger partial charge is 0.374 e. The second kappa shape index (κ2) is 6.27. The van der Waals surface area contributed by atoms with Crippen LogP contribution in [0.25, 0.3) is 0 Å². The van der Waals surface area contributed by atoms with Crippen LogP contribution in [0.5, 0.6) is 0 Å². The maximum Gasteiger partial charge on any atom is 0.123 e. The summed E-state index contributed by atoms with van der Waals surface area (Å²) >= 11 is 0. The number of anilines is 1. The zero-order valence-electron chi connectivity index (χ0n) is 12.4. The highest BCUT2D eigenvalue weighted by Crippen LogP contribution is 2.26. The molecule has 1 aliphatic rings. The molecule has 1 heterocycles. The fourth-order valence-corrected chi connectivity index (χ4v) is 2.95. The van der Waals surface area contributed by atoms with Crippen LogP contribution in [0.15, 0.2) is 42.5 Å². The minimum Gasteiger partial charge on any atom is -0.374 e. The Hall–Kier alpha value is -1.87. The van der Waals surface area contributed by atoms with Crippen LogP contribution in [0.3, 0.4) is 0 Å². The lowest BCUT2D eigenvalue weighted by Crippen LogP contribution is -2.24. The fourth-order valence-electron chi connectivity index (χ4n) is 2.95. The molecule has 110 valence electrons. The van der Waals surface area contributed by atoms with Gasteiger partial charge in [-0.15, -0.1) is 0 Å². The van der Waals surface area contributed by atoms with Crippen molar-refractivity contribution in [3.8, 4) is 0 Å². The van der Waals surface area contributed by atoms with E-state index in [0.29, 0.717) is 6.54 Å². The minimum absolute atomic E-state index is 0.175. The summed E-state index contributed by atoms with van der Waals surface area (Å²) < 4.78 is 13.1. The highest BCUT2D eigenvalue weighted by Gasteiger charge is 2.13. The molecule has 3 heteroatoms. The normalized spacial score (nSPS) is 14.1. The Morgan fingerprint density at radius 3 is 2.71 bits per heavy atom. The molecule has 3 rings (SSSR count). The van der Waals surface area contributed by atoms with Crippen molar-refractivity contribution >= 4 is 5.69 Å². The Bertz CT molecular complexity index is 624. The molecule has 0 aromatic heterocycles. The molecule has 21 heavy (non-hydrogen) atoms. The van der Waals surface area contributed by atoms with E-state index in [4.69, 9.17) is 0 Å². The summed E-state index contributed by atoms with van der Waals surface area (Å²) in [6.45, 7) is 2.65. The van der Waals surface area contributed by atoms with E-state index in [9.17, 15) is 4.39 Å². The van der Waals surface area contributed by atoms with E-state index in [1.54, 1.807) is 12.1 Å². The third kappa shape index (κ3) is 3.42. The summed E-state index contributed by atoms with van der Waals surface area (Å²) in [5, 5.41) is 3.38. The third-order valence-electron chi connectivity index (χ3n) is 4.04. The topological polar surface area (TPSA) is 15.3 Å². The first-order valence-corrected chi connectivity index (χ1v) is 7.50. The van der Waals surface area contributed by atoms with Gasteiger partial charge in [0.2, 0.25) is 0 Å². The van der Waals surface area contributed by atoms with Gasteiger partial charge in [0.15, 0.2) is 0 Å². The zero-order valence-corrected chi connectivity index (χ0v) is 12.4. The van der Waals surface area contributed by atoms with Gasteiger partial charge in [0.25, 0.3) is 0 Å². The van der Waals surface area contributed by atoms with Gasteiger partial charge in [-0.2, -0.15) is 0 Å². The monoisotopic (exact) mass is 284 g/mol. The number of benzene rings is 2. The molecule has 0 saturated heterocycles. The van der Waals surface area contributed by atoms with E-state index in [2.05, 4.69) is 35.5 Å². The summed E-state index contributed by atoms with van der Waals surface area (Å²) in [5.41, 5.74) is 5.07. The van der Waals surface area contributed by atoms with Crippen molar-refractivity contribution < 1.29 is 4.39 Å². The summed E-state index contributed by atoms with van der Waals surface area (Å²) in [5.74, 6) is -0.175. The number of fused-ring (bicyclic) bond motifs is 1. The maximum atomic E-state index is 13.1. The van der Waals surface area contributed by atoms with E-state index in [1.165, 1.54) is 29.3 Å². The number of nitrogens with one attached hydrogen (secondary N) is 1. The van der Waals surface area contributed by atoms with Crippen LogP contribution in [-0.4, -0.2) is 13.6 Å². The van der Waals surface area contributed by atoms with Gasteiger partial charge in [-0.3, -0.25) is 0 Å². The van der Waals surface area contributed by atoms with Crippen molar-refractivity contribution in [1.82, 2.24) is 5.32 Å². The molecule has 2 nitrogen and oxygen atoms in total. The van der Waals surface area contributed by atoms with Gasteiger partial charge in [0.1, 0.15) is 5.82 Å². The van der Waals surface area contributed by atoms with Gasteiger partial charge in [-0.25, -0.2) is 4.39 Å². The Morgan fingerprint density at radius 1 is 1.10 bits per heavy atom. The Kier molecular flexibility index (Phi) is 4.20. The molecular weight excluding hydrogens is 263 g/mol. The standard InChI is InChI=1S/C18H21FN2/c1-21-9-3-5-16-10-15(7-8-18(16)21)13-20-12-14-4-2-6-17(19)11-14/h2,4,6-8,10-11,20H,3,5,9,12-13H2,1H3. The summed E-state index contributed by atoms with van der Waals surface area (Å²) in [7, 11) is 2.15. The number of halogens is 1. The van der Waals surface area contributed by atoms with E-state index in [0.717, 1.165) is 25.1 Å². The highest BCUT2D eigenvalue weighted by atomic mass is 19.1. The maximum absolute atomic E-state index is 13.1. The molecule has 0 fully saturated rings. The van der Waals surface area contributed by atoms with Crippen LogP contribution in [-0.2, 0) is 19.5 Å². The minimum atomic E-state index is -0.175. The molecule has 0 aliphatic carbocycles. The lowest BCUT2D eigenvalue weighted by atomic mass is 9.99. The number of hydrogen-bond donors (Lipinski definition) is 1. The van der Waals surface area contributed by atoms with Gasteiger partial charge in [0, 0.05) is 32.4 Å². The predicted molar refractivity (Wildman–Crippen MR) is 85.0 cm³/mol. The van der Waals surface area contributed by atoms with E-state index in [-0.39, 0.29) is 5.82 Å². The van der Waals surface area contributed by atoms with Crippen molar-refractivity contribution in [2.24, 2.45) is 0 Å². The molecule has 1 aliphatic heterocycles. The Balaban J connectivity index is 1.61. The molecule has 0 spiro atoms. The van der Waals surface area contributed by atoms with Gasteiger partial charge < -0.3 is 10.2 Å². The second-order valence-corrected chi connectivity index (χ2v) is 5.72. The average molecular weight is 284 g/mol. The SMILES string of the molecule is CN1CCCc2cc(CNCc3cccc(F)c3)ccc21. The van der Waals surface area contributed by atoms with Crippen molar-refractivity contribution in [3.05, 3.63) is 65.0 Å². The summed E-state index contributed by atoms with van der Waals surface area (Å²) in [6.07, 6.45) is 2.39. The predicted octanol–water partition coefficient (Wildman–Crippen LogP) is 3.50. The van der Waals surface area contributed by atoms with Gasteiger partial charge in [-0.05, 0) is 47.7 Å². The van der Waals surface area contributed by atoms with Crippen LogP contribution >= 0.6 is 0 Å². The van der Waals surface area contributed by atoms with Gasteiger partial charge >= 0.3 is 0 Å². The number of nitrogens with zero attached hydrogens (tertiary/aromatic N) is 1. The fraction of sp³-hybridized carbons (Fsp3) is 0.333. The van der Waals surface area contributed by atoms with Crippen molar-refractivity contribution in [1.29, 1.82) is 0 Å². The molecule has 0 saturated carbocycles. The van der Waals surface area contributed by atoms with Crippen LogP contribution < -0.4 is 10.2 Å². The van der Waals surface area contributed by atoms with Crippen LogP contribution in [0, 0.1) is 5.82 Å². The number of aryl methyl sites for hydroxylation is 1. The molecule has 0 unspecified atom stereocenters. The summed E-state index contributed by atoms with van der Waals surface area (Å²) in [6, 6.07) is 13.4. The van der Waals surface area contributed by atoms with Crippen molar-refractivity contribution in [3.63, 3.8) is 0 Å². The van der Waals surface area contributed by atoms with Gasteiger partial charge in [0.05, 0.1) is 0 Å². The number of rotatable bonds is 4. The zero-order chi connectivity index (χ0) is 14.7. The average Bonchev–Trinajstić information content (AvgIpc) is 2.47. The van der Waals surface area contributed by atoms with Crippen LogP contribution in [0.1, 0.15) is 23.1 Å². The highest BCUT2D eigenvalue weighted by molar-refractivity contribution is 5.56. The van der Waals surface area contributed by atoms with E-state index >= 15 is 0 Å². The molecular formula is C18H21FN2. The third-order valence-corrected chi connectivity index (χ3v) is 4.04. The molecule has 0 atom stereocenters. The molecule has 0 amide bonds. The first-order chi connectivity index (χ1) is 10.2. The quantitative estimate of drug-likeness (QED) is 0.924. The second-order valence-electron chi connectivity index (χ2n) is 5.72.